The Bertz CT molecular complexity index is 99.1. The molecule has 0 aromatic rings. The van der Waals surface area contributed by atoms with Crippen LogP contribution < -0.4 is 0 Å². The molecular weight excluding hydrogens is 180 g/mol. The van der Waals surface area contributed by atoms with Crippen molar-refractivity contribution in [2.75, 3.05) is 26.9 Å². The van der Waals surface area contributed by atoms with Crippen LogP contribution in [0, 0.1) is 0 Å². The molecule has 0 spiro atoms. The molecule has 0 aromatic heterocycles. The predicted octanol–water partition coefficient (Wildman–Crippen LogP) is 2.74. The van der Waals surface area contributed by atoms with Crippen LogP contribution in [0.15, 0.2) is 25.7 Å². The molecule has 84 valence electrons. The van der Waals surface area contributed by atoms with Crippen LogP contribution in [0.1, 0.15) is 19.8 Å². The van der Waals surface area contributed by atoms with Crippen LogP contribution in [0.25, 0.3) is 0 Å². The molecule has 0 atom stereocenters. The first-order valence-corrected chi connectivity index (χ1v) is 4.77. The second-order valence-electron chi connectivity index (χ2n) is 2.42. The highest BCUT2D eigenvalue weighted by molar-refractivity contribution is 4.47. The molecule has 0 radical (unpaired) electrons. The molecule has 0 bridgehead atoms. The summed E-state index contributed by atoms with van der Waals surface area (Å²) in [4.78, 5) is 0. The van der Waals surface area contributed by atoms with Crippen LogP contribution in [0.4, 0.5) is 0 Å². The van der Waals surface area contributed by atoms with Crippen molar-refractivity contribution in [2.45, 2.75) is 19.8 Å². The second kappa shape index (κ2) is 18.0. The summed E-state index contributed by atoms with van der Waals surface area (Å²) in [5.41, 5.74) is 0. The largest absolute Gasteiger partial charge is 0.502 e. The third-order valence-electron chi connectivity index (χ3n) is 1.26. The summed E-state index contributed by atoms with van der Waals surface area (Å²) >= 11 is 0. The van der Waals surface area contributed by atoms with E-state index < -0.39 is 0 Å². The number of ether oxygens (including phenoxy) is 3. The lowest BCUT2D eigenvalue weighted by atomic mass is 10.4. The van der Waals surface area contributed by atoms with Gasteiger partial charge in [0.05, 0.1) is 25.7 Å². The molecule has 0 amide bonds. The lowest BCUT2D eigenvalue weighted by Crippen LogP contribution is -1.95. The van der Waals surface area contributed by atoms with Crippen LogP contribution >= 0.6 is 0 Å². The molecule has 0 heterocycles. The highest BCUT2D eigenvalue weighted by Crippen LogP contribution is 1.85. The van der Waals surface area contributed by atoms with Gasteiger partial charge in [0.15, 0.2) is 0 Å². The van der Waals surface area contributed by atoms with Crippen molar-refractivity contribution in [2.24, 2.45) is 0 Å². The summed E-state index contributed by atoms with van der Waals surface area (Å²) in [6, 6.07) is 0. The Morgan fingerprint density at radius 3 is 2.00 bits per heavy atom. The molecule has 3 heteroatoms. The average molecular weight is 202 g/mol. The van der Waals surface area contributed by atoms with Crippen molar-refractivity contribution in [3.05, 3.63) is 25.7 Å². The maximum Gasteiger partial charge on any atom is 0.111 e. The van der Waals surface area contributed by atoms with Crippen molar-refractivity contribution in [1.29, 1.82) is 0 Å². The van der Waals surface area contributed by atoms with Gasteiger partial charge in [-0.1, -0.05) is 26.5 Å². The summed E-state index contributed by atoms with van der Waals surface area (Å²) in [5, 5.41) is 0. The van der Waals surface area contributed by atoms with Gasteiger partial charge in [0.2, 0.25) is 0 Å². The summed E-state index contributed by atoms with van der Waals surface area (Å²) in [5.74, 6) is 0. The van der Waals surface area contributed by atoms with Gasteiger partial charge in [-0.2, -0.15) is 0 Å². The average Bonchev–Trinajstić information content (AvgIpc) is 2.21. The van der Waals surface area contributed by atoms with Gasteiger partial charge in [-0.15, -0.1) is 0 Å². The van der Waals surface area contributed by atoms with Crippen molar-refractivity contribution in [3.8, 4) is 0 Å². The fourth-order valence-electron chi connectivity index (χ4n) is 0.526. The Labute approximate surface area is 87.4 Å². The Balaban J connectivity index is 0. The van der Waals surface area contributed by atoms with Gasteiger partial charge in [0.1, 0.15) is 6.61 Å². The molecule has 0 N–H and O–H groups in total. The second-order valence-corrected chi connectivity index (χ2v) is 2.42. The van der Waals surface area contributed by atoms with Gasteiger partial charge in [-0.3, -0.25) is 0 Å². The molecule has 0 saturated carbocycles. The molecule has 3 nitrogen and oxygen atoms in total. The maximum atomic E-state index is 4.84. The van der Waals surface area contributed by atoms with E-state index in [9.17, 15) is 0 Å². The molecule has 0 rings (SSSR count). The molecule has 0 aliphatic carbocycles. The van der Waals surface area contributed by atoms with E-state index in [4.69, 9.17) is 9.47 Å². The lowest BCUT2D eigenvalue weighted by molar-refractivity contribution is 0.124. The Morgan fingerprint density at radius 1 is 1.00 bits per heavy atom. The zero-order valence-electron chi connectivity index (χ0n) is 9.33. The van der Waals surface area contributed by atoms with Crippen LogP contribution in [-0.4, -0.2) is 26.9 Å². The number of rotatable bonds is 8. The zero-order valence-corrected chi connectivity index (χ0v) is 9.33. The fraction of sp³-hybridized carbons (Fsp3) is 0.636. The highest BCUT2D eigenvalue weighted by atomic mass is 16.5. The van der Waals surface area contributed by atoms with E-state index in [1.54, 1.807) is 7.11 Å². The van der Waals surface area contributed by atoms with E-state index in [0.717, 1.165) is 13.0 Å². The van der Waals surface area contributed by atoms with Gasteiger partial charge in [0, 0.05) is 7.11 Å². The van der Waals surface area contributed by atoms with Gasteiger partial charge < -0.3 is 14.2 Å². The first-order valence-electron chi connectivity index (χ1n) is 4.77. The third kappa shape index (κ3) is 22.5. The molecule has 0 aromatic carbocycles. The van der Waals surface area contributed by atoms with Crippen LogP contribution in [0.5, 0.6) is 0 Å². The molecule has 14 heavy (non-hydrogen) atoms. The topological polar surface area (TPSA) is 27.7 Å². The normalized spacial score (nSPS) is 8.14. The number of hydrogen-bond acceptors (Lipinski definition) is 3. The smallest absolute Gasteiger partial charge is 0.111 e. The van der Waals surface area contributed by atoms with Crippen molar-refractivity contribution in [1.82, 2.24) is 0 Å². The fourth-order valence-corrected chi connectivity index (χ4v) is 0.526. The Kier molecular flexibility index (Phi) is 19.9. The Morgan fingerprint density at radius 2 is 1.57 bits per heavy atom. The van der Waals surface area contributed by atoms with Gasteiger partial charge in [0.25, 0.3) is 0 Å². The quantitative estimate of drug-likeness (QED) is 0.447. The molecule has 0 aliphatic rings. The minimum Gasteiger partial charge on any atom is -0.502 e. The van der Waals surface area contributed by atoms with Crippen LogP contribution in [-0.2, 0) is 14.2 Å². The Hall–Kier alpha value is -0.960. The molecule has 0 fully saturated rings. The van der Waals surface area contributed by atoms with Crippen molar-refractivity contribution in [3.63, 3.8) is 0 Å². The van der Waals surface area contributed by atoms with Crippen molar-refractivity contribution < 1.29 is 14.2 Å². The molecule has 0 saturated heterocycles. The van der Waals surface area contributed by atoms with Gasteiger partial charge >= 0.3 is 0 Å². The number of hydrogen-bond donors (Lipinski definition) is 0. The summed E-state index contributed by atoms with van der Waals surface area (Å²) in [6.45, 7) is 10.9. The molecule has 0 unspecified atom stereocenters. The van der Waals surface area contributed by atoms with Gasteiger partial charge in [-0.25, -0.2) is 0 Å². The number of unbranched alkanes of at least 4 members (excludes halogenated alkanes) is 1. The van der Waals surface area contributed by atoms with E-state index in [2.05, 4.69) is 24.8 Å². The minimum absolute atomic E-state index is 0.597. The van der Waals surface area contributed by atoms with E-state index >= 15 is 0 Å². The first-order chi connectivity index (χ1) is 6.83. The summed E-state index contributed by atoms with van der Waals surface area (Å²) in [6.07, 6.45) is 5.20. The SMILES string of the molecule is C=COCCCC.C=COCCOC. The molecule has 0 aliphatic heterocycles. The van der Waals surface area contributed by atoms with E-state index in [-0.39, 0.29) is 0 Å². The van der Waals surface area contributed by atoms with E-state index in [1.807, 2.05) is 0 Å². The third-order valence-corrected chi connectivity index (χ3v) is 1.26. The predicted molar refractivity (Wildman–Crippen MR) is 59.1 cm³/mol. The zero-order chi connectivity index (χ0) is 11.1. The lowest BCUT2D eigenvalue weighted by Gasteiger charge is -1.95. The van der Waals surface area contributed by atoms with Crippen LogP contribution in [0.3, 0.4) is 0 Å². The highest BCUT2D eigenvalue weighted by Gasteiger charge is 1.76. The molecular formula is C11H22O3. The monoisotopic (exact) mass is 202 g/mol. The number of methoxy groups -OCH3 is 1. The summed E-state index contributed by atoms with van der Waals surface area (Å²) < 4.78 is 14.2. The maximum absolute atomic E-state index is 4.84. The van der Waals surface area contributed by atoms with E-state index in [1.165, 1.54) is 18.9 Å². The minimum atomic E-state index is 0.597. The summed E-state index contributed by atoms with van der Waals surface area (Å²) in [7, 11) is 1.63. The standard InChI is InChI=1S/C6H12O.C5H10O2/c1-3-5-6-7-4-2;1-3-7-5-4-6-2/h4H,2-3,5-6H2,1H3;3H,1,4-5H2,2H3. The first kappa shape index (κ1) is 15.5. The van der Waals surface area contributed by atoms with Crippen LogP contribution in [0.2, 0.25) is 0 Å². The van der Waals surface area contributed by atoms with E-state index in [0.29, 0.717) is 13.2 Å². The van der Waals surface area contributed by atoms with Crippen molar-refractivity contribution >= 4 is 0 Å². The van der Waals surface area contributed by atoms with Gasteiger partial charge in [-0.05, 0) is 6.42 Å².